The van der Waals surface area contributed by atoms with Gasteiger partial charge in [0.05, 0.1) is 11.5 Å². The Balaban J connectivity index is -0.0000000483. The van der Waals surface area contributed by atoms with E-state index in [4.69, 9.17) is 0 Å². The van der Waals surface area contributed by atoms with Gasteiger partial charge in [-0.05, 0) is 17.7 Å². The van der Waals surface area contributed by atoms with Gasteiger partial charge >= 0.3 is 29.0 Å². The maximum atomic E-state index is 10.6. The summed E-state index contributed by atoms with van der Waals surface area (Å²) in [6, 6.07) is 4.65. The standard InChI is InChI=1S/C8H6O5.Mg.6H2O/c9-7(10)5-1-3-6(4-2-5)8(11)13-12;;;;;;;/h1-4,12H,(H,9,10);;6*1H2/q;+2;;;;;;/p-2. The predicted octanol–water partition coefficient (Wildman–Crippen LogP) is -6.85. The van der Waals surface area contributed by atoms with Gasteiger partial charge in [-0.1, -0.05) is 12.1 Å². The number of hydrogen-bond acceptors (Lipinski definition) is 5. The maximum absolute atomic E-state index is 10.6. The Bertz CT molecular complexity index is 339. The summed E-state index contributed by atoms with van der Waals surface area (Å²) < 4.78 is 0. The molecule has 1 aromatic carbocycles. The van der Waals surface area contributed by atoms with E-state index in [1.165, 1.54) is 12.1 Å². The summed E-state index contributed by atoms with van der Waals surface area (Å²) >= 11 is 0. The van der Waals surface area contributed by atoms with Gasteiger partial charge in [-0.3, -0.25) is 0 Å². The fourth-order valence-electron chi connectivity index (χ4n) is 0.791. The molecule has 0 fully saturated rings. The van der Waals surface area contributed by atoms with Gasteiger partial charge in [-0.2, -0.15) is 0 Å². The van der Waals surface area contributed by atoms with Crippen molar-refractivity contribution in [2.24, 2.45) is 0 Å². The zero-order chi connectivity index (χ0) is 9.84. The number of carboxylic acids is 1. The first-order valence-electron chi connectivity index (χ1n) is 3.30. The molecule has 0 aromatic heterocycles. The molecule has 20 heavy (non-hydrogen) atoms. The summed E-state index contributed by atoms with van der Waals surface area (Å²) in [6.07, 6.45) is 0. The smallest absolute Gasteiger partial charge is 0.661 e. The van der Waals surface area contributed by atoms with Crippen molar-refractivity contribution in [3.05, 3.63) is 35.4 Å². The van der Waals surface area contributed by atoms with Gasteiger partial charge in [-0.25, -0.2) is 4.79 Å². The molecule has 0 saturated heterocycles. The normalized spacial score (nSPS) is 6.05. The number of carbonyl (C=O) groups is 2. The van der Waals surface area contributed by atoms with Gasteiger partial charge < -0.3 is 52.9 Å². The number of carbonyl (C=O) groups excluding carboxylic acids is 2. The van der Waals surface area contributed by atoms with Crippen LogP contribution in [0.3, 0.4) is 0 Å². The maximum Gasteiger partial charge on any atom is 2.00 e. The van der Waals surface area contributed by atoms with Crippen LogP contribution in [-0.2, 0) is 4.89 Å². The van der Waals surface area contributed by atoms with Crippen LogP contribution in [0.5, 0.6) is 0 Å². The molecule has 11 nitrogen and oxygen atoms in total. The first kappa shape index (κ1) is 42.8. The van der Waals surface area contributed by atoms with Crippen LogP contribution in [0.15, 0.2) is 24.3 Å². The molecule has 0 atom stereocenters. The Morgan fingerprint density at radius 3 is 1.35 bits per heavy atom. The van der Waals surface area contributed by atoms with Crippen LogP contribution >= 0.6 is 0 Å². The molecule has 0 aliphatic rings. The molecule has 1 aromatic rings. The third kappa shape index (κ3) is 11.7. The van der Waals surface area contributed by atoms with Crippen molar-refractivity contribution in [3.63, 3.8) is 0 Å². The topological polar surface area (TPSA) is 278 Å². The number of hydrogen-bond donors (Lipinski definition) is 0. The van der Waals surface area contributed by atoms with E-state index in [0.29, 0.717) is 0 Å². The van der Waals surface area contributed by atoms with Gasteiger partial charge in [0.15, 0.2) is 0 Å². The molecule has 12 heteroatoms. The molecule has 0 saturated carbocycles. The first-order valence-corrected chi connectivity index (χ1v) is 3.30. The van der Waals surface area contributed by atoms with Gasteiger partial charge in [0, 0.05) is 0 Å². The van der Waals surface area contributed by atoms with Crippen molar-refractivity contribution in [2.75, 3.05) is 0 Å². The van der Waals surface area contributed by atoms with Crippen LogP contribution < -0.4 is 10.4 Å². The van der Waals surface area contributed by atoms with Crippen LogP contribution in [0.1, 0.15) is 20.7 Å². The molecule has 0 spiro atoms. The second kappa shape index (κ2) is 20.0. The number of rotatable bonds is 2. The quantitative estimate of drug-likeness (QED) is 0.291. The minimum absolute atomic E-state index is 0. The Kier molecular flexibility index (Phi) is 42.8. The van der Waals surface area contributed by atoms with Gasteiger partial charge in [-0.15, -0.1) is 0 Å². The molecule has 0 amide bonds. The SMILES string of the molecule is O.O.O.O.O.O.O=C([O-])c1ccc(C(=O)O[O-])cc1.[Mg+2]. The average molecular weight is 313 g/mol. The molecular weight excluding hydrogens is 296 g/mol. The van der Waals surface area contributed by atoms with E-state index in [0.717, 1.165) is 12.1 Å². The molecule has 0 heterocycles. The molecular formula is C8H16MgO11. The van der Waals surface area contributed by atoms with Gasteiger partial charge in [0.1, 0.15) is 0 Å². The van der Waals surface area contributed by atoms with Crippen LogP contribution in [-0.4, -0.2) is 67.8 Å². The van der Waals surface area contributed by atoms with E-state index in [1.54, 1.807) is 0 Å². The number of aromatic carboxylic acids is 1. The van der Waals surface area contributed by atoms with E-state index in [1.807, 2.05) is 0 Å². The number of benzene rings is 1. The molecule has 1 rings (SSSR count). The fourth-order valence-corrected chi connectivity index (χ4v) is 0.791. The zero-order valence-corrected chi connectivity index (χ0v) is 11.5. The predicted molar refractivity (Wildman–Crippen MR) is 63.6 cm³/mol. The van der Waals surface area contributed by atoms with Crippen LogP contribution in [0, 0.1) is 0 Å². The van der Waals surface area contributed by atoms with Gasteiger partial charge in [0.25, 0.3) is 0 Å². The zero-order valence-electron chi connectivity index (χ0n) is 10.1. The minimum Gasteiger partial charge on any atom is -0.661 e. The van der Waals surface area contributed by atoms with E-state index < -0.39 is 11.9 Å². The van der Waals surface area contributed by atoms with Crippen molar-refractivity contribution in [1.82, 2.24) is 0 Å². The Hall–Kier alpha value is -1.35. The van der Waals surface area contributed by atoms with Crippen molar-refractivity contribution < 1.29 is 57.7 Å². The summed E-state index contributed by atoms with van der Waals surface area (Å²) in [5.74, 6) is -2.40. The molecule has 116 valence electrons. The number of carboxylic acid groups (broad SMARTS) is 1. The van der Waals surface area contributed by atoms with Gasteiger partial charge in [0.2, 0.25) is 0 Å². The van der Waals surface area contributed by atoms with E-state index >= 15 is 0 Å². The monoisotopic (exact) mass is 312 g/mol. The summed E-state index contributed by atoms with van der Waals surface area (Å²) in [7, 11) is 0. The van der Waals surface area contributed by atoms with E-state index in [9.17, 15) is 20.0 Å². The third-order valence-corrected chi connectivity index (χ3v) is 1.43. The van der Waals surface area contributed by atoms with E-state index in [-0.39, 0.29) is 67.0 Å². The van der Waals surface area contributed by atoms with Crippen molar-refractivity contribution >= 4 is 35.0 Å². The summed E-state index contributed by atoms with van der Waals surface area (Å²) in [5, 5.41) is 19.9. The molecule has 12 N–H and O–H groups in total. The van der Waals surface area contributed by atoms with Crippen LogP contribution in [0.25, 0.3) is 0 Å². The fraction of sp³-hybridized carbons (Fsp3) is 0. The second-order valence-corrected chi connectivity index (χ2v) is 2.24. The van der Waals surface area contributed by atoms with Crippen LogP contribution in [0.4, 0.5) is 0 Å². The first-order chi connectivity index (χ1) is 6.15. The third-order valence-electron chi connectivity index (χ3n) is 1.43. The minimum atomic E-state index is -1.35. The average Bonchev–Trinajstić information content (AvgIpc) is 2.17. The summed E-state index contributed by atoms with van der Waals surface area (Å²) in [6.45, 7) is 0. The largest absolute Gasteiger partial charge is 2.00 e. The van der Waals surface area contributed by atoms with Crippen molar-refractivity contribution in [1.29, 1.82) is 0 Å². The Morgan fingerprint density at radius 2 is 1.10 bits per heavy atom. The van der Waals surface area contributed by atoms with Crippen molar-refractivity contribution in [2.45, 2.75) is 0 Å². The summed E-state index contributed by atoms with van der Waals surface area (Å²) in [4.78, 5) is 24.0. The Morgan fingerprint density at radius 1 is 0.800 bits per heavy atom. The molecule has 0 bridgehead atoms. The van der Waals surface area contributed by atoms with Crippen molar-refractivity contribution in [3.8, 4) is 0 Å². The summed E-state index contributed by atoms with van der Waals surface area (Å²) in [5.41, 5.74) is -0.0672. The molecule has 0 aliphatic carbocycles. The molecule has 0 unspecified atom stereocenters. The van der Waals surface area contributed by atoms with E-state index in [2.05, 4.69) is 4.89 Å². The molecule has 0 aliphatic heterocycles. The second-order valence-electron chi connectivity index (χ2n) is 2.24. The Labute approximate surface area is 128 Å². The molecule has 0 radical (unpaired) electrons. The van der Waals surface area contributed by atoms with Crippen LogP contribution in [0.2, 0.25) is 0 Å².